The van der Waals surface area contributed by atoms with Crippen molar-refractivity contribution in [3.63, 3.8) is 0 Å². The molecule has 1 aromatic heterocycles. The fourth-order valence-corrected chi connectivity index (χ4v) is 1.92. The molecule has 0 fully saturated rings. The van der Waals surface area contributed by atoms with E-state index >= 15 is 0 Å². The summed E-state index contributed by atoms with van der Waals surface area (Å²) in [6.45, 7) is 1.63. The Morgan fingerprint density at radius 3 is 2.74 bits per heavy atom. The van der Waals surface area contributed by atoms with Crippen molar-refractivity contribution in [2.45, 2.75) is 20.0 Å². The number of aliphatic hydroxyl groups is 1. The van der Waals surface area contributed by atoms with Crippen molar-refractivity contribution >= 4 is 23.2 Å². The van der Waals surface area contributed by atoms with Crippen LogP contribution in [0.1, 0.15) is 19.1 Å². The maximum Gasteiger partial charge on any atom is 0.224 e. The lowest BCUT2D eigenvalue weighted by atomic mass is 10.1. The van der Waals surface area contributed by atoms with Crippen molar-refractivity contribution in [1.82, 2.24) is 0 Å². The predicted octanol–water partition coefficient (Wildman–Crippen LogP) is 3.44. The molecule has 4 nitrogen and oxygen atoms in total. The molecule has 0 aliphatic heterocycles. The number of hydrogen-bond acceptors (Lipinski definition) is 3. The van der Waals surface area contributed by atoms with Gasteiger partial charge in [0.2, 0.25) is 5.91 Å². The average Bonchev–Trinajstić information content (AvgIpc) is 2.87. The van der Waals surface area contributed by atoms with Crippen LogP contribution in [-0.2, 0) is 11.4 Å². The SMILES string of the molecule is CCC(=O)Nc1ccc(-c2ccc(CO)o2)c(Cl)c1. The molecule has 0 saturated carbocycles. The van der Waals surface area contributed by atoms with Gasteiger partial charge in [-0.15, -0.1) is 0 Å². The third-order valence-electron chi connectivity index (χ3n) is 2.66. The Morgan fingerprint density at radius 1 is 1.37 bits per heavy atom. The number of anilines is 1. The monoisotopic (exact) mass is 279 g/mol. The van der Waals surface area contributed by atoms with Gasteiger partial charge in [-0.25, -0.2) is 0 Å². The minimum atomic E-state index is -0.151. The summed E-state index contributed by atoms with van der Waals surface area (Å²) in [7, 11) is 0. The number of carbonyl (C=O) groups excluding carboxylic acids is 1. The molecule has 0 aliphatic carbocycles. The van der Waals surface area contributed by atoms with Crippen molar-refractivity contribution in [3.8, 4) is 11.3 Å². The van der Waals surface area contributed by atoms with Gasteiger partial charge >= 0.3 is 0 Å². The summed E-state index contributed by atoms with van der Waals surface area (Å²) < 4.78 is 5.42. The van der Waals surface area contributed by atoms with E-state index in [9.17, 15) is 4.79 Å². The molecule has 0 radical (unpaired) electrons. The smallest absolute Gasteiger partial charge is 0.224 e. The van der Waals surface area contributed by atoms with Crippen LogP contribution in [0.15, 0.2) is 34.7 Å². The van der Waals surface area contributed by atoms with E-state index in [1.165, 1.54) is 0 Å². The number of aliphatic hydroxyl groups excluding tert-OH is 1. The van der Waals surface area contributed by atoms with E-state index < -0.39 is 0 Å². The van der Waals surface area contributed by atoms with E-state index in [0.717, 1.165) is 5.56 Å². The van der Waals surface area contributed by atoms with Gasteiger partial charge in [-0.1, -0.05) is 18.5 Å². The lowest BCUT2D eigenvalue weighted by molar-refractivity contribution is -0.115. The Labute approximate surface area is 116 Å². The summed E-state index contributed by atoms with van der Waals surface area (Å²) >= 11 is 6.17. The summed E-state index contributed by atoms with van der Waals surface area (Å²) in [5.74, 6) is 1.00. The topological polar surface area (TPSA) is 62.5 Å². The van der Waals surface area contributed by atoms with Crippen molar-refractivity contribution < 1.29 is 14.3 Å². The standard InChI is InChI=1S/C14H14ClNO3/c1-2-14(18)16-9-3-5-11(12(15)7-9)13-6-4-10(8-17)19-13/h3-7,17H,2,8H2,1H3,(H,16,18). The maximum absolute atomic E-state index is 11.3. The van der Waals surface area contributed by atoms with E-state index in [-0.39, 0.29) is 12.5 Å². The molecule has 0 atom stereocenters. The summed E-state index contributed by atoms with van der Waals surface area (Å²) in [6.07, 6.45) is 0.414. The molecule has 0 aliphatic rings. The van der Waals surface area contributed by atoms with Crippen molar-refractivity contribution in [1.29, 1.82) is 0 Å². The first kappa shape index (κ1) is 13.6. The van der Waals surface area contributed by atoms with Gasteiger partial charge in [0.15, 0.2) is 0 Å². The number of nitrogens with one attached hydrogen (secondary N) is 1. The third kappa shape index (κ3) is 3.16. The largest absolute Gasteiger partial charge is 0.459 e. The number of hydrogen-bond donors (Lipinski definition) is 2. The number of amides is 1. The number of halogens is 1. The zero-order chi connectivity index (χ0) is 13.8. The van der Waals surface area contributed by atoms with Crippen LogP contribution in [0.5, 0.6) is 0 Å². The lowest BCUT2D eigenvalue weighted by Crippen LogP contribution is -2.09. The molecule has 2 N–H and O–H groups in total. The van der Waals surface area contributed by atoms with Gasteiger partial charge in [0.25, 0.3) is 0 Å². The first-order valence-electron chi connectivity index (χ1n) is 5.93. The van der Waals surface area contributed by atoms with Gasteiger partial charge < -0.3 is 14.8 Å². The molecule has 1 amide bonds. The second-order valence-electron chi connectivity index (χ2n) is 4.02. The molecule has 2 aromatic rings. The average molecular weight is 280 g/mol. The molecule has 0 bridgehead atoms. The zero-order valence-corrected chi connectivity index (χ0v) is 11.2. The van der Waals surface area contributed by atoms with Gasteiger partial charge in [0.05, 0.1) is 5.02 Å². The Bertz CT molecular complexity index is 592. The first-order chi connectivity index (χ1) is 9.13. The van der Waals surface area contributed by atoms with Crippen molar-refractivity contribution in [3.05, 3.63) is 41.1 Å². The van der Waals surface area contributed by atoms with E-state index in [4.69, 9.17) is 21.1 Å². The van der Waals surface area contributed by atoms with Crippen LogP contribution in [0, 0.1) is 0 Å². The van der Waals surface area contributed by atoms with Gasteiger partial charge in [-0.3, -0.25) is 4.79 Å². The second kappa shape index (κ2) is 5.91. The Balaban J connectivity index is 2.26. The molecule has 0 unspecified atom stereocenters. The Morgan fingerprint density at radius 2 is 2.16 bits per heavy atom. The molecule has 1 aromatic carbocycles. The molecular formula is C14H14ClNO3. The van der Waals surface area contributed by atoms with E-state index in [0.29, 0.717) is 28.7 Å². The number of benzene rings is 1. The third-order valence-corrected chi connectivity index (χ3v) is 2.97. The molecular weight excluding hydrogens is 266 g/mol. The highest BCUT2D eigenvalue weighted by molar-refractivity contribution is 6.33. The van der Waals surface area contributed by atoms with Gasteiger partial charge in [-0.05, 0) is 30.3 Å². The fraction of sp³-hybridized carbons (Fsp3) is 0.214. The predicted molar refractivity (Wildman–Crippen MR) is 74.0 cm³/mol. The van der Waals surface area contributed by atoms with Crippen LogP contribution in [0.4, 0.5) is 5.69 Å². The van der Waals surface area contributed by atoms with Crippen LogP contribution in [-0.4, -0.2) is 11.0 Å². The minimum absolute atomic E-state index is 0.0654. The van der Waals surface area contributed by atoms with Gasteiger partial charge in [0, 0.05) is 17.7 Å². The second-order valence-corrected chi connectivity index (χ2v) is 4.43. The summed E-state index contributed by atoms with van der Waals surface area (Å²) in [4.78, 5) is 11.3. The molecule has 5 heteroatoms. The number of rotatable bonds is 4. The fourth-order valence-electron chi connectivity index (χ4n) is 1.65. The highest BCUT2D eigenvalue weighted by atomic mass is 35.5. The lowest BCUT2D eigenvalue weighted by Gasteiger charge is -2.06. The number of furan rings is 1. The van der Waals surface area contributed by atoms with Gasteiger partial charge in [0.1, 0.15) is 18.1 Å². The minimum Gasteiger partial charge on any atom is -0.459 e. The molecule has 0 saturated heterocycles. The van der Waals surface area contributed by atoms with Gasteiger partial charge in [-0.2, -0.15) is 0 Å². The Kier molecular flexibility index (Phi) is 4.24. The van der Waals surface area contributed by atoms with Crippen LogP contribution in [0.3, 0.4) is 0 Å². The van der Waals surface area contributed by atoms with E-state index in [1.807, 2.05) is 0 Å². The molecule has 1 heterocycles. The van der Waals surface area contributed by atoms with Crippen LogP contribution in [0.2, 0.25) is 5.02 Å². The Hall–Kier alpha value is -1.78. The van der Waals surface area contributed by atoms with Crippen LogP contribution >= 0.6 is 11.6 Å². The normalized spacial score (nSPS) is 10.5. The molecule has 2 rings (SSSR count). The maximum atomic E-state index is 11.3. The molecule has 0 spiro atoms. The molecule has 100 valence electrons. The molecule has 19 heavy (non-hydrogen) atoms. The quantitative estimate of drug-likeness (QED) is 0.901. The summed E-state index contributed by atoms with van der Waals surface area (Å²) in [5.41, 5.74) is 1.37. The highest BCUT2D eigenvalue weighted by Gasteiger charge is 2.10. The summed E-state index contributed by atoms with van der Waals surface area (Å²) in [6, 6.07) is 8.64. The van der Waals surface area contributed by atoms with E-state index in [1.54, 1.807) is 37.3 Å². The summed E-state index contributed by atoms with van der Waals surface area (Å²) in [5, 5.41) is 12.2. The zero-order valence-electron chi connectivity index (χ0n) is 10.4. The van der Waals surface area contributed by atoms with Crippen LogP contribution in [0.25, 0.3) is 11.3 Å². The number of carbonyl (C=O) groups is 1. The first-order valence-corrected chi connectivity index (χ1v) is 6.31. The van der Waals surface area contributed by atoms with Crippen LogP contribution < -0.4 is 5.32 Å². The van der Waals surface area contributed by atoms with E-state index in [2.05, 4.69) is 5.32 Å². The van der Waals surface area contributed by atoms with Crippen molar-refractivity contribution in [2.24, 2.45) is 0 Å². The highest BCUT2D eigenvalue weighted by Crippen LogP contribution is 2.31. The van der Waals surface area contributed by atoms with Crippen molar-refractivity contribution in [2.75, 3.05) is 5.32 Å².